The standard InChI is InChI=1S/C31H31Cl2N5O7.C24H25Cl2N5O5.C22H20Cl3N5O4/c1-6-25(39)35-21-14-44-15-22(21)37-31-34-12-17-9-20(26-27(32)23(42-4)11-24(43-5)28(26)33)36-30(29(17)38-31)45-13-16-7-18(40-2)10-19(8-16)41-3;1-5-18(32)28-14-10-35-11-15(14)30-24-27-9-12-7-13(29-23(36-6-2)22(12)31-24)19-20(25)16(33-3)8-17(34-4)21(19)26;1-4-16(31)27-12-8-34-9-13(12)29-22-26-7-10-5-11(28-21(25)20(10)30-22)17-18(23)14(32-2)6-15(33-3)19(17)24/h6-12,21-22H,1,13-15H2,2-5H3,(H,35,39)(H,34,37,38);5,7-9,14-15H,1,6,10-11H2,2-4H3,(H,28,32)(H,27,30,31);4-7,12-13H,1,8-9H2,2-3H3,(H,27,31)(H,26,29,30)/t21-,22+;14-,15+;12-,13+/m000/s1/i;3D3,4D3;. The number of rotatable bonds is 28. The molecule has 31 nitrogen and oxygen atoms in total. The number of aromatic nitrogens is 9. The molecular formula is C77H76Cl7N15O16. The Bertz CT molecular complexity index is 5470. The van der Waals surface area contributed by atoms with Gasteiger partial charge in [-0.15, -0.1) is 0 Å². The molecule has 3 saturated heterocycles. The summed E-state index contributed by atoms with van der Waals surface area (Å²) in [6, 6.07) is 12.8. The van der Waals surface area contributed by atoms with Crippen LogP contribution in [0.5, 0.6) is 57.8 Å². The normalized spacial score (nSPS) is 17.7. The number of halogens is 7. The Kier molecular flexibility index (Phi) is 26.1. The van der Waals surface area contributed by atoms with E-state index in [0.717, 1.165) is 11.6 Å². The summed E-state index contributed by atoms with van der Waals surface area (Å²) in [5.74, 6) is 2.00. The maximum absolute atomic E-state index is 11.9. The third kappa shape index (κ3) is 19.6. The fraction of sp³-hybridized carbons (Fsp3) is 0.299. The molecule has 38 heteroatoms. The lowest BCUT2D eigenvalue weighted by atomic mass is 10.1. The second kappa shape index (κ2) is 39.1. The Labute approximate surface area is 702 Å². The Morgan fingerprint density at radius 1 is 0.426 bits per heavy atom. The number of amides is 3. The molecule has 4 aromatic carbocycles. The van der Waals surface area contributed by atoms with E-state index < -0.39 is 25.6 Å². The van der Waals surface area contributed by atoms with Crippen LogP contribution in [0.15, 0.2) is 111 Å². The molecule has 0 saturated carbocycles. The number of hydrogen-bond acceptors (Lipinski definition) is 28. The maximum Gasteiger partial charge on any atom is 0.243 e. The van der Waals surface area contributed by atoms with Crippen LogP contribution in [-0.4, -0.2) is 202 Å². The van der Waals surface area contributed by atoms with E-state index in [2.05, 4.69) is 86.5 Å². The van der Waals surface area contributed by atoms with Gasteiger partial charge in [0.15, 0.2) is 5.15 Å². The highest BCUT2D eigenvalue weighted by molar-refractivity contribution is 6.43. The number of fused-ring (bicyclic) bond motifs is 3. The number of pyridine rings is 3. The van der Waals surface area contributed by atoms with Gasteiger partial charge in [0.1, 0.15) is 69.2 Å². The summed E-state index contributed by atoms with van der Waals surface area (Å²) in [6.07, 6.45) is 8.30. The largest absolute Gasteiger partial charge is 0.497 e. The van der Waals surface area contributed by atoms with Gasteiger partial charge in [-0.25, -0.2) is 44.9 Å². The topological polar surface area (TPSA) is 359 Å². The molecular weight excluding hydrogens is 1640 g/mol. The van der Waals surface area contributed by atoms with Gasteiger partial charge in [-0.2, -0.15) is 0 Å². The van der Waals surface area contributed by atoms with Crippen molar-refractivity contribution in [3.8, 4) is 91.5 Å². The van der Waals surface area contributed by atoms with Gasteiger partial charge in [-0.1, -0.05) is 101 Å². The molecule has 6 N–H and O–H groups in total. The summed E-state index contributed by atoms with van der Waals surface area (Å²) in [5, 5.41) is 20.3. The number of nitrogens with zero attached hydrogens (tertiary/aromatic N) is 9. The van der Waals surface area contributed by atoms with E-state index in [0.29, 0.717) is 135 Å². The fourth-order valence-electron chi connectivity index (χ4n) is 12.0. The van der Waals surface area contributed by atoms with Crippen molar-refractivity contribution in [2.45, 2.75) is 49.8 Å². The van der Waals surface area contributed by atoms with Crippen molar-refractivity contribution in [1.82, 2.24) is 60.8 Å². The first-order chi connectivity index (χ1) is 57.8. The van der Waals surface area contributed by atoms with Crippen molar-refractivity contribution < 1.29 is 84.2 Å². The fourth-order valence-corrected chi connectivity index (χ4v) is 14.2. The summed E-state index contributed by atoms with van der Waals surface area (Å²) in [5.41, 5.74) is 3.52. The molecule has 0 bridgehead atoms. The van der Waals surface area contributed by atoms with Crippen LogP contribution >= 0.6 is 81.2 Å². The lowest BCUT2D eigenvalue weighted by Crippen LogP contribution is -2.45. The molecule has 3 aliphatic heterocycles. The number of anilines is 3. The molecule has 13 rings (SSSR count). The molecule has 604 valence electrons. The lowest BCUT2D eigenvalue weighted by Gasteiger charge is -2.20. The summed E-state index contributed by atoms with van der Waals surface area (Å²) in [4.78, 5) is 76.1. The van der Waals surface area contributed by atoms with Gasteiger partial charge in [0.05, 0.1) is 195 Å². The van der Waals surface area contributed by atoms with Crippen LogP contribution in [0.2, 0.25) is 35.3 Å². The molecule has 9 heterocycles. The second-order valence-electron chi connectivity index (χ2n) is 24.7. The van der Waals surface area contributed by atoms with E-state index in [1.165, 1.54) is 58.9 Å². The summed E-state index contributed by atoms with van der Waals surface area (Å²) in [7, 11) is 3.27. The Hall–Kier alpha value is -10.7. The zero-order valence-electron chi connectivity index (χ0n) is 68.1. The summed E-state index contributed by atoms with van der Waals surface area (Å²) < 4.78 is 116. The number of carbonyl (C=O) groups excluding carboxylic acids is 3. The average Bonchev–Trinajstić information content (AvgIpc) is 1.04. The third-order valence-electron chi connectivity index (χ3n) is 17.7. The maximum atomic E-state index is 11.9. The third-order valence-corrected chi connectivity index (χ3v) is 20.2. The highest BCUT2D eigenvalue weighted by atomic mass is 35.5. The predicted octanol–water partition coefficient (Wildman–Crippen LogP) is 13.1. The molecule has 6 aromatic heterocycles. The predicted molar refractivity (Wildman–Crippen MR) is 439 cm³/mol. The molecule has 0 aliphatic carbocycles. The number of hydrogen-bond donors (Lipinski definition) is 6. The van der Waals surface area contributed by atoms with Crippen molar-refractivity contribution >= 4 is 149 Å². The number of carbonyl (C=O) groups is 3. The van der Waals surface area contributed by atoms with Crippen molar-refractivity contribution in [2.24, 2.45) is 0 Å². The number of ether oxygens (including phenoxy) is 13. The number of nitrogens with one attached hydrogen (secondary N) is 6. The Morgan fingerprint density at radius 3 is 1.08 bits per heavy atom. The molecule has 3 amide bonds. The first-order valence-corrected chi connectivity index (χ1v) is 37.1. The Morgan fingerprint density at radius 2 is 0.748 bits per heavy atom. The minimum Gasteiger partial charge on any atom is -0.497 e. The molecule has 6 atom stereocenters. The molecule has 3 fully saturated rings. The molecule has 0 radical (unpaired) electrons. The van der Waals surface area contributed by atoms with E-state index >= 15 is 0 Å². The Balaban J connectivity index is 0.000000179. The molecule has 3 aliphatic rings. The van der Waals surface area contributed by atoms with Crippen LogP contribution in [0.4, 0.5) is 17.8 Å². The lowest BCUT2D eigenvalue weighted by molar-refractivity contribution is -0.118. The quantitative estimate of drug-likeness (QED) is 0.0196. The highest BCUT2D eigenvalue weighted by Crippen LogP contribution is 2.50. The van der Waals surface area contributed by atoms with Gasteiger partial charge in [-0.05, 0) is 61.0 Å². The van der Waals surface area contributed by atoms with Crippen LogP contribution < -0.4 is 79.3 Å². The van der Waals surface area contributed by atoms with E-state index in [1.54, 1.807) is 63.9 Å². The van der Waals surface area contributed by atoms with Gasteiger partial charge in [0, 0.05) is 75.7 Å². The smallest absolute Gasteiger partial charge is 0.243 e. The molecule has 10 aromatic rings. The minimum absolute atomic E-state index is 0.0576. The van der Waals surface area contributed by atoms with Crippen LogP contribution in [0.1, 0.15) is 20.7 Å². The van der Waals surface area contributed by atoms with E-state index in [1.807, 2.05) is 12.1 Å². The van der Waals surface area contributed by atoms with E-state index in [9.17, 15) is 14.4 Å². The van der Waals surface area contributed by atoms with Crippen molar-refractivity contribution in [1.29, 1.82) is 0 Å². The summed E-state index contributed by atoms with van der Waals surface area (Å²) >= 11 is 46.1. The molecule has 0 unspecified atom stereocenters. The van der Waals surface area contributed by atoms with Crippen LogP contribution in [0.3, 0.4) is 0 Å². The van der Waals surface area contributed by atoms with Crippen molar-refractivity contribution in [3.63, 3.8) is 0 Å². The second-order valence-corrected chi connectivity index (χ2v) is 27.4. The van der Waals surface area contributed by atoms with Gasteiger partial charge in [0.2, 0.25) is 47.3 Å². The van der Waals surface area contributed by atoms with Crippen LogP contribution in [0.25, 0.3) is 66.5 Å². The SMILES string of the molecule is C=CC(=O)N[C@H]1COC[C@H]1Nc1ncc2cc(-c3c(Cl)c(OC)cc(OC)c3Cl)nc(Cl)c2n1.C=CC(=O)N[C@H]1COC[C@H]1Nc1ncc2cc(-c3c(Cl)c(OC)cc(OC)c3Cl)nc(OCc3cc(OC)cc(OC)c3)c2n1.[2H]C([2H])([2H])Oc1cc(OC([2H])([2H])[2H])c(Cl)c(-c2cc3cnc(N[C@@H]4COC[C@@H]4NC(=O)C=C)nc3c(OCC)n2)c1Cl. The minimum atomic E-state index is -2.92. The number of benzene rings is 4. The zero-order chi connectivity index (χ0) is 87.3. The van der Waals surface area contributed by atoms with E-state index in [4.69, 9.17) is 161 Å². The van der Waals surface area contributed by atoms with Gasteiger partial charge in [0.25, 0.3) is 0 Å². The molecule has 115 heavy (non-hydrogen) atoms. The van der Waals surface area contributed by atoms with E-state index in [-0.39, 0.29) is 137 Å². The van der Waals surface area contributed by atoms with Gasteiger partial charge in [-0.3, -0.25) is 14.4 Å². The summed E-state index contributed by atoms with van der Waals surface area (Å²) in [6.45, 7) is 14.5. The highest BCUT2D eigenvalue weighted by Gasteiger charge is 2.34. The van der Waals surface area contributed by atoms with Gasteiger partial charge >= 0.3 is 0 Å². The van der Waals surface area contributed by atoms with Crippen LogP contribution in [0, 0.1) is 0 Å². The average molecular weight is 1720 g/mol. The van der Waals surface area contributed by atoms with Gasteiger partial charge < -0.3 is 93.5 Å². The first kappa shape index (κ1) is 76.9. The monoisotopic (exact) mass is 1720 g/mol. The van der Waals surface area contributed by atoms with Crippen molar-refractivity contribution in [3.05, 3.63) is 152 Å². The number of methoxy groups -OCH3 is 8. The first-order valence-electron chi connectivity index (χ1n) is 37.4. The van der Waals surface area contributed by atoms with Crippen molar-refractivity contribution in [2.75, 3.05) is 119 Å². The van der Waals surface area contributed by atoms with Crippen LogP contribution in [-0.2, 0) is 35.2 Å². The zero-order valence-corrected chi connectivity index (χ0v) is 67.4. The molecule has 0 spiro atoms.